The lowest BCUT2D eigenvalue weighted by Crippen LogP contribution is -2.13. The molecule has 2 heterocycles. The smallest absolute Gasteiger partial charge is 0.258 e. The Balaban J connectivity index is 1.58. The Morgan fingerprint density at radius 2 is 1.82 bits per heavy atom. The van der Waals surface area contributed by atoms with E-state index in [2.05, 4.69) is 26.2 Å². The van der Waals surface area contributed by atoms with Crippen LogP contribution in [0.15, 0.2) is 65.1 Å². The summed E-state index contributed by atoms with van der Waals surface area (Å²) in [5, 5.41) is 3.53. The number of pyridine rings is 1. The highest BCUT2D eigenvalue weighted by atomic mass is 79.9. The number of carbonyl (C=O) groups is 1. The zero-order chi connectivity index (χ0) is 23.1. The van der Waals surface area contributed by atoms with Crippen LogP contribution in [0.25, 0.3) is 32.4 Å². The highest BCUT2D eigenvalue weighted by Gasteiger charge is 2.18. The van der Waals surface area contributed by atoms with Crippen molar-refractivity contribution >= 4 is 59.4 Å². The number of thiazole rings is 1. The van der Waals surface area contributed by atoms with Gasteiger partial charge in [0, 0.05) is 21.5 Å². The summed E-state index contributed by atoms with van der Waals surface area (Å²) in [7, 11) is 1.59. The molecule has 164 valence electrons. The third-order valence-electron chi connectivity index (χ3n) is 5.03. The molecule has 0 aliphatic heterocycles. The van der Waals surface area contributed by atoms with Crippen LogP contribution in [0, 0.1) is 11.6 Å². The number of aromatic nitrogens is 2. The number of anilines is 1. The molecule has 2 aromatic heterocycles. The van der Waals surface area contributed by atoms with Gasteiger partial charge in [0.25, 0.3) is 5.91 Å². The normalized spacial score (nSPS) is 11.2. The third kappa shape index (κ3) is 4.17. The van der Waals surface area contributed by atoms with E-state index in [1.807, 2.05) is 42.5 Å². The minimum absolute atomic E-state index is 0.0120. The zero-order valence-corrected chi connectivity index (χ0v) is 19.4. The second-order valence-electron chi connectivity index (χ2n) is 7.15. The fourth-order valence-electron chi connectivity index (χ4n) is 3.47. The quantitative estimate of drug-likeness (QED) is 0.279. The Bertz CT molecular complexity index is 1540. The van der Waals surface area contributed by atoms with E-state index < -0.39 is 17.5 Å². The second-order valence-corrected chi connectivity index (χ2v) is 9.10. The minimum Gasteiger partial charge on any atom is -0.497 e. The van der Waals surface area contributed by atoms with Crippen molar-refractivity contribution in [2.75, 3.05) is 12.4 Å². The first-order valence-corrected chi connectivity index (χ1v) is 11.3. The van der Waals surface area contributed by atoms with Crippen LogP contribution in [-0.4, -0.2) is 23.0 Å². The molecule has 5 rings (SSSR count). The Hall–Kier alpha value is -3.43. The van der Waals surface area contributed by atoms with Gasteiger partial charge < -0.3 is 4.74 Å². The topological polar surface area (TPSA) is 64.1 Å². The molecule has 0 radical (unpaired) electrons. The maximum absolute atomic E-state index is 14.0. The molecule has 0 aliphatic rings. The summed E-state index contributed by atoms with van der Waals surface area (Å²) in [6, 6.07) is 16.5. The van der Waals surface area contributed by atoms with Gasteiger partial charge in [-0.05, 0) is 54.6 Å². The number of fused-ring (bicyclic) bond motifs is 2. The van der Waals surface area contributed by atoms with Crippen LogP contribution >= 0.6 is 27.3 Å². The summed E-state index contributed by atoms with van der Waals surface area (Å²) >= 11 is 4.44. The van der Waals surface area contributed by atoms with Crippen molar-refractivity contribution in [3.8, 4) is 17.0 Å². The molecule has 1 amide bonds. The van der Waals surface area contributed by atoms with E-state index in [1.54, 1.807) is 13.2 Å². The number of nitrogens with zero attached hydrogens (tertiary/aromatic N) is 2. The van der Waals surface area contributed by atoms with Gasteiger partial charge >= 0.3 is 0 Å². The Morgan fingerprint density at radius 1 is 1.03 bits per heavy atom. The van der Waals surface area contributed by atoms with Crippen LogP contribution < -0.4 is 10.1 Å². The summed E-state index contributed by atoms with van der Waals surface area (Å²) in [6.45, 7) is 0. The van der Waals surface area contributed by atoms with Crippen molar-refractivity contribution < 1.29 is 18.3 Å². The monoisotopic (exact) mass is 525 g/mol. The van der Waals surface area contributed by atoms with Crippen molar-refractivity contribution in [1.29, 1.82) is 0 Å². The number of benzene rings is 3. The summed E-state index contributed by atoms with van der Waals surface area (Å²) in [5.41, 5.74) is 2.44. The molecular weight excluding hydrogens is 512 g/mol. The van der Waals surface area contributed by atoms with E-state index in [0.29, 0.717) is 32.6 Å². The number of hydrogen-bond donors (Lipinski definition) is 1. The molecule has 33 heavy (non-hydrogen) atoms. The summed E-state index contributed by atoms with van der Waals surface area (Å²) in [4.78, 5) is 22.1. The minimum atomic E-state index is -0.776. The maximum Gasteiger partial charge on any atom is 0.258 e. The van der Waals surface area contributed by atoms with Crippen molar-refractivity contribution in [2.24, 2.45) is 0 Å². The first-order valence-electron chi connectivity index (χ1n) is 9.73. The Morgan fingerprint density at radius 3 is 2.58 bits per heavy atom. The maximum atomic E-state index is 14.0. The number of hydrogen-bond acceptors (Lipinski definition) is 5. The van der Waals surface area contributed by atoms with Crippen LogP contribution in [0.5, 0.6) is 5.75 Å². The van der Waals surface area contributed by atoms with Gasteiger partial charge in [-0.25, -0.2) is 18.7 Å². The fraction of sp³-hybridized carbons (Fsp3) is 0.0417. The average Bonchev–Trinajstić information content (AvgIpc) is 3.21. The third-order valence-corrected chi connectivity index (χ3v) is 6.45. The Kier molecular flexibility index (Phi) is 5.51. The highest BCUT2D eigenvalue weighted by molar-refractivity contribution is 9.10. The fourth-order valence-corrected chi connectivity index (χ4v) is 4.73. The van der Waals surface area contributed by atoms with Crippen LogP contribution in [0.1, 0.15) is 10.4 Å². The molecular formula is C24H14BrF2N3O2S. The molecule has 0 saturated heterocycles. The molecule has 0 fully saturated rings. The van der Waals surface area contributed by atoms with Gasteiger partial charge in [-0.15, -0.1) is 0 Å². The lowest BCUT2D eigenvalue weighted by molar-refractivity contribution is 0.102. The summed E-state index contributed by atoms with van der Waals surface area (Å²) < 4.78 is 33.9. The molecule has 0 bridgehead atoms. The predicted octanol–water partition coefficient (Wildman–Crippen LogP) is 6.81. The van der Waals surface area contributed by atoms with Crippen LogP contribution in [0.3, 0.4) is 0 Å². The lowest BCUT2D eigenvalue weighted by atomic mass is 10.0. The number of methoxy groups -OCH3 is 1. The van der Waals surface area contributed by atoms with E-state index >= 15 is 0 Å². The number of nitrogens with one attached hydrogen (secondary N) is 1. The van der Waals surface area contributed by atoms with Crippen molar-refractivity contribution in [3.05, 3.63) is 82.3 Å². The lowest BCUT2D eigenvalue weighted by Gasteiger charge is -2.10. The van der Waals surface area contributed by atoms with Crippen molar-refractivity contribution in [2.45, 2.75) is 0 Å². The Labute approximate surface area is 199 Å². The summed E-state index contributed by atoms with van der Waals surface area (Å²) in [5.74, 6) is -1.20. The molecule has 0 aliphatic carbocycles. The zero-order valence-electron chi connectivity index (χ0n) is 17.0. The molecule has 9 heteroatoms. The highest BCUT2D eigenvalue weighted by Crippen LogP contribution is 2.31. The molecule has 1 N–H and O–H groups in total. The standard InChI is InChI=1S/C24H14BrF2N3O2S/c1-32-15-5-2-12(3-6-15)20-11-17(16-8-13(25)4-7-19(16)28-20)23(31)30-24-29-22-18(27)9-14(26)10-21(22)33-24/h2-11H,1H3,(H,29,30,31). The largest absolute Gasteiger partial charge is 0.497 e. The molecule has 3 aromatic carbocycles. The molecule has 0 saturated carbocycles. The van der Waals surface area contributed by atoms with E-state index in [1.165, 1.54) is 6.07 Å². The number of amides is 1. The van der Waals surface area contributed by atoms with E-state index in [4.69, 9.17) is 9.72 Å². The van der Waals surface area contributed by atoms with E-state index in [0.717, 1.165) is 27.4 Å². The van der Waals surface area contributed by atoms with E-state index in [-0.39, 0.29) is 10.6 Å². The number of halogens is 3. The SMILES string of the molecule is COc1ccc(-c2cc(C(=O)Nc3nc4c(F)cc(F)cc4s3)c3cc(Br)ccc3n2)cc1. The van der Waals surface area contributed by atoms with Gasteiger partial charge in [-0.2, -0.15) is 0 Å². The molecule has 5 nitrogen and oxygen atoms in total. The van der Waals surface area contributed by atoms with Gasteiger partial charge in [-0.3, -0.25) is 10.1 Å². The molecule has 0 atom stereocenters. The predicted molar refractivity (Wildman–Crippen MR) is 129 cm³/mol. The van der Waals surface area contributed by atoms with Crippen LogP contribution in [0.4, 0.5) is 13.9 Å². The van der Waals surface area contributed by atoms with Crippen LogP contribution in [0.2, 0.25) is 0 Å². The van der Waals surface area contributed by atoms with Gasteiger partial charge in [0.05, 0.1) is 28.6 Å². The van der Waals surface area contributed by atoms with Gasteiger partial charge in [0.15, 0.2) is 10.9 Å². The van der Waals surface area contributed by atoms with Crippen molar-refractivity contribution in [1.82, 2.24) is 9.97 Å². The van der Waals surface area contributed by atoms with Gasteiger partial charge in [0.1, 0.15) is 17.1 Å². The molecule has 0 spiro atoms. The first-order chi connectivity index (χ1) is 15.9. The first kappa shape index (κ1) is 21.4. The second kappa shape index (κ2) is 8.49. The van der Waals surface area contributed by atoms with E-state index in [9.17, 15) is 13.6 Å². The average molecular weight is 526 g/mol. The number of carbonyl (C=O) groups excluding carboxylic acids is 1. The van der Waals surface area contributed by atoms with Crippen LogP contribution in [-0.2, 0) is 0 Å². The molecule has 5 aromatic rings. The van der Waals surface area contributed by atoms with Gasteiger partial charge in [0.2, 0.25) is 0 Å². The van der Waals surface area contributed by atoms with Gasteiger partial charge in [-0.1, -0.05) is 27.3 Å². The number of ether oxygens (including phenoxy) is 1. The number of rotatable bonds is 4. The summed E-state index contributed by atoms with van der Waals surface area (Å²) in [6.07, 6.45) is 0. The van der Waals surface area contributed by atoms with Crippen molar-refractivity contribution in [3.63, 3.8) is 0 Å². The molecule has 0 unspecified atom stereocenters.